The van der Waals surface area contributed by atoms with Crippen LogP contribution >= 0.6 is 0 Å². The molecule has 0 radical (unpaired) electrons. The molecule has 2 nitrogen and oxygen atoms in total. The summed E-state index contributed by atoms with van der Waals surface area (Å²) < 4.78 is 0. The van der Waals surface area contributed by atoms with Crippen LogP contribution < -0.4 is 10.2 Å². The van der Waals surface area contributed by atoms with E-state index in [1.165, 1.54) is 0 Å². The summed E-state index contributed by atoms with van der Waals surface area (Å²) in [6, 6.07) is 18.6. The van der Waals surface area contributed by atoms with Crippen molar-refractivity contribution in [3.63, 3.8) is 0 Å². The van der Waals surface area contributed by atoms with Crippen LogP contribution in [0.15, 0.2) is 120 Å². The summed E-state index contributed by atoms with van der Waals surface area (Å²) in [5.41, 5.74) is 3.00. The molecule has 2 aromatic carbocycles. The van der Waals surface area contributed by atoms with Gasteiger partial charge in [-0.1, -0.05) is 121 Å². The van der Waals surface area contributed by atoms with Crippen LogP contribution in [-0.2, 0) is 17.1 Å². The summed E-state index contributed by atoms with van der Waals surface area (Å²) in [6.45, 7) is 0. The van der Waals surface area contributed by atoms with E-state index in [1.54, 1.807) is 0 Å². The zero-order valence-corrected chi connectivity index (χ0v) is 15.7. The van der Waals surface area contributed by atoms with Crippen LogP contribution in [0.2, 0.25) is 0 Å². The molecular weight excluding hydrogens is 376 g/mol. The third-order valence-electron chi connectivity index (χ3n) is 3.92. The molecule has 0 atom stereocenters. The molecule has 0 saturated carbocycles. The molecule has 0 amide bonds. The Hall–Kier alpha value is -3.00. The van der Waals surface area contributed by atoms with Crippen molar-refractivity contribution < 1.29 is 27.3 Å². The van der Waals surface area contributed by atoms with Gasteiger partial charge in [0.05, 0.1) is 0 Å². The van der Waals surface area contributed by atoms with Crippen molar-refractivity contribution in [2.75, 3.05) is 0 Å². The van der Waals surface area contributed by atoms with E-state index in [2.05, 4.69) is 0 Å². The van der Waals surface area contributed by atoms with E-state index in [-0.39, 0.29) is 28.6 Å². The number of hydrogen-bond acceptors (Lipinski definition) is 2. The van der Waals surface area contributed by atoms with Gasteiger partial charge in [0.1, 0.15) is 0 Å². The van der Waals surface area contributed by atoms with Crippen molar-refractivity contribution in [3.05, 3.63) is 132 Å². The second kappa shape index (κ2) is 10.2. The molecule has 0 heterocycles. The third-order valence-corrected chi connectivity index (χ3v) is 3.92. The largest absolute Gasteiger partial charge is 2.00 e. The first kappa shape index (κ1) is 20.3. The van der Waals surface area contributed by atoms with Gasteiger partial charge in [-0.05, 0) is 22.3 Å². The van der Waals surface area contributed by atoms with Gasteiger partial charge in [0.25, 0.3) is 0 Å². The first-order valence-electron chi connectivity index (χ1n) is 8.38. The number of hydrogen-bond donors (Lipinski definition) is 0. The predicted molar refractivity (Wildman–Crippen MR) is 103 cm³/mol. The van der Waals surface area contributed by atoms with E-state index in [0.717, 1.165) is 22.3 Å². The van der Waals surface area contributed by atoms with Gasteiger partial charge in [0.2, 0.25) is 0 Å². The first-order chi connectivity index (χ1) is 12.8. The fourth-order valence-corrected chi connectivity index (χ4v) is 2.56. The zero-order valence-electron chi connectivity index (χ0n) is 14.6. The van der Waals surface area contributed by atoms with Crippen LogP contribution in [-0.4, -0.2) is 0 Å². The van der Waals surface area contributed by atoms with E-state index in [4.69, 9.17) is 0 Å². The molecule has 0 fully saturated rings. The average molecular weight is 394 g/mol. The van der Waals surface area contributed by atoms with E-state index in [1.807, 2.05) is 109 Å². The van der Waals surface area contributed by atoms with Crippen LogP contribution in [0, 0.1) is 0 Å². The van der Waals surface area contributed by atoms with E-state index < -0.39 is 0 Å². The molecule has 134 valence electrons. The maximum atomic E-state index is 11.7. The maximum Gasteiger partial charge on any atom is 2.00 e. The minimum atomic E-state index is 0. The van der Waals surface area contributed by atoms with Crippen LogP contribution in [0.5, 0.6) is 0 Å². The van der Waals surface area contributed by atoms with Gasteiger partial charge < -0.3 is 10.2 Å². The molecule has 2 aromatic rings. The second-order valence-electron chi connectivity index (χ2n) is 5.74. The Morgan fingerprint density at radius 3 is 1.07 bits per heavy atom. The summed E-state index contributed by atoms with van der Waals surface area (Å²) in [6.07, 6.45) is 14.8. The van der Waals surface area contributed by atoms with Gasteiger partial charge in [-0.15, -0.1) is 0 Å². The Morgan fingerprint density at radius 2 is 0.778 bits per heavy atom. The predicted octanol–water partition coefficient (Wildman–Crippen LogP) is 3.77. The SMILES string of the molecule is [Fe+2].[O-]C(=C1C=CC=C1)c1ccccc1.[O-]C(=C1C=CC=C1)c1ccccc1. The minimum absolute atomic E-state index is 0. The summed E-state index contributed by atoms with van der Waals surface area (Å²) in [7, 11) is 0. The number of benzene rings is 2. The van der Waals surface area contributed by atoms with Gasteiger partial charge in [-0.25, -0.2) is 0 Å². The Balaban J connectivity index is 0.000000187. The molecule has 2 aliphatic carbocycles. The standard InChI is InChI=1S/2C12H10O.Fe/c2*13-12(11-8-4-5-9-11)10-6-2-1-3-7-10;/h2*1-9,13H;/q;;+2/p-2. The van der Waals surface area contributed by atoms with Crippen molar-refractivity contribution in [1.29, 1.82) is 0 Å². The summed E-state index contributed by atoms with van der Waals surface area (Å²) >= 11 is 0. The zero-order chi connectivity index (χ0) is 18.2. The minimum Gasteiger partial charge on any atom is -0.872 e. The second-order valence-corrected chi connectivity index (χ2v) is 5.74. The third kappa shape index (κ3) is 5.49. The molecule has 2 aliphatic rings. The van der Waals surface area contributed by atoms with E-state index in [9.17, 15) is 10.2 Å². The summed E-state index contributed by atoms with van der Waals surface area (Å²) in [5.74, 6) is 0.177. The molecule has 4 rings (SSSR count). The molecule has 0 bridgehead atoms. The molecule has 0 N–H and O–H groups in total. The van der Waals surface area contributed by atoms with Gasteiger partial charge in [0, 0.05) is 0 Å². The topological polar surface area (TPSA) is 46.1 Å². The molecule has 0 unspecified atom stereocenters. The quantitative estimate of drug-likeness (QED) is 0.575. The Kier molecular flexibility index (Phi) is 7.69. The van der Waals surface area contributed by atoms with Crippen molar-refractivity contribution in [2.24, 2.45) is 0 Å². The molecule has 0 aromatic heterocycles. The van der Waals surface area contributed by atoms with Crippen molar-refractivity contribution >= 4 is 11.5 Å². The molecule has 27 heavy (non-hydrogen) atoms. The first-order valence-corrected chi connectivity index (χ1v) is 8.38. The Bertz CT molecular complexity index is 823. The molecule has 3 heteroatoms. The smallest absolute Gasteiger partial charge is 0.872 e. The number of allylic oxidation sites excluding steroid dienone is 10. The van der Waals surface area contributed by atoms with Gasteiger partial charge in [-0.3, -0.25) is 0 Å². The number of rotatable bonds is 2. The Labute approximate surface area is 170 Å². The van der Waals surface area contributed by atoms with E-state index >= 15 is 0 Å². The monoisotopic (exact) mass is 394 g/mol. The molecule has 0 aliphatic heterocycles. The molecule has 0 spiro atoms. The Morgan fingerprint density at radius 1 is 0.481 bits per heavy atom. The van der Waals surface area contributed by atoms with Crippen molar-refractivity contribution in [3.8, 4) is 0 Å². The summed E-state index contributed by atoms with van der Waals surface area (Å²) in [4.78, 5) is 0. The van der Waals surface area contributed by atoms with Crippen LogP contribution in [0.25, 0.3) is 11.5 Å². The van der Waals surface area contributed by atoms with Gasteiger partial charge >= 0.3 is 17.1 Å². The normalized spacial score (nSPS) is 13.2. The van der Waals surface area contributed by atoms with Crippen molar-refractivity contribution in [2.45, 2.75) is 0 Å². The van der Waals surface area contributed by atoms with E-state index in [0.29, 0.717) is 0 Å². The van der Waals surface area contributed by atoms with Crippen LogP contribution in [0.1, 0.15) is 11.1 Å². The van der Waals surface area contributed by atoms with Crippen LogP contribution in [0.3, 0.4) is 0 Å². The van der Waals surface area contributed by atoms with Crippen LogP contribution in [0.4, 0.5) is 0 Å². The average Bonchev–Trinajstić information content (AvgIpc) is 3.43. The van der Waals surface area contributed by atoms with Gasteiger partial charge in [-0.2, -0.15) is 0 Å². The molecular formula is C24H18FeO2. The molecule has 0 saturated heterocycles. The fraction of sp³-hybridized carbons (Fsp3) is 0. The van der Waals surface area contributed by atoms with Gasteiger partial charge in [0.15, 0.2) is 0 Å². The fourth-order valence-electron chi connectivity index (χ4n) is 2.56. The van der Waals surface area contributed by atoms with Crippen molar-refractivity contribution in [1.82, 2.24) is 0 Å². The maximum absolute atomic E-state index is 11.7. The summed E-state index contributed by atoms with van der Waals surface area (Å²) in [5, 5.41) is 23.4.